The largest absolute Gasteiger partial charge is 0.472 e. The van der Waals surface area contributed by atoms with E-state index in [1.807, 2.05) is 27.2 Å². The van der Waals surface area contributed by atoms with Crippen LogP contribution in [-0.4, -0.2) is 73.4 Å². The van der Waals surface area contributed by atoms with E-state index in [0.29, 0.717) is 17.4 Å². The van der Waals surface area contributed by atoms with Crippen molar-refractivity contribution in [2.45, 2.75) is 225 Å². The zero-order chi connectivity index (χ0) is 39.3. The van der Waals surface area contributed by atoms with Gasteiger partial charge in [0.25, 0.3) is 0 Å². The van der Waals surface area contributed by atoms with Gasteiger partial charge in [0, 0.05) is 6.42 Å². The molecule has 1 unspecified atom stereocenters. The molecule has 1 amide bonds. The molecule has 0 aliphatic carbocycles. The third-order valence-corrected chi connectivity index (χ3v) is 11.2. The zero-order valence-electron chi connectivity index (χ0n) is 35.8. The lowest BCUT2D eigenvalue weighted by Crippen LogP contribution is -2.45. The number of hydrogen-bond donors (Lipinski definition) is 3. The second-order valence-electron chi connectivity index (χ2n) is 16.8. The number of phosphoric acid groups is 1. The molecule has 316 valence electrons. The second-order valence-corrected chi connectivity index (χ2v) is 18.2. The Bertz CT molecular complexity index is 880. The number of nitrogens with zero attached hydrogens (tertiary/aromatic N) is 1. The van der Waals surface area contributed by atoms with Gasteiger partial charge in [-0.05, 0) is 19.3 Å². The first-order chi connectivity index (χ1) is 25.5. The third-order valence-electron chi connectivity index (χ3n) is 10.3. The molecular weight excluding hydrogens is 683 g/mol. The van der Waals surface area contributed by atoms with Crippen LogP contribution in [0.5, 0.6) is 0 Å². The number of phosphoric ester groups is 1. The Morgan fingerprint density at radius 2 is 1.00 bits per heavy atom. The normalized spacial score (nSPS) is 14.5. The average molecular weight is 774 g/mol. The van der Waals surface area contributed by atoms with Gasteiger partial charge >= 0.3 is 7.82 Å². The number of aliphatic hydroxyl groups excluding tert-OH is 1. The van der Waals surface area contributed by atoms with E-state index in [4.69, 9.17) is 9.05 Å². The Morgan fingerprint density at radius 1 is 0.623 bits per heavy atom. The van der Waals surface area contributed by atoms with E-state index in [2.05, 4.69) is 19.2 Å². The summed E-state index contributed by atoms with van der Waals surface area (Å²) in [5.74, 6) is -0.174. The third kappa shape index (κ3) is 39.3. The predicted molar refractivity (Wildman–Crippen MR) is 226 cm³/mol. The fourth-order valence-corrected chi connectivity index (χ4v) is 7.37. The van der Waals surface area contributed by atoms with Crippen LogP contribution in [0.4, 0.5) is 0 Å². The monoisotopic (exact) mass is 774 g/mol. The highest BCUT2D eigenvalue weighted by atomic mass is 31.2. The van der Waals surface area contributed by atoms with Crippen LogP contribution in [0.15, 0.2) is 12.2 Å². The molecule has 0 saturated heterocycles. The molecular formula is C44H90N2O6P+. The lowest BCUT2D eigenvalue weighted by Gasteiger charge is -2.25. The number of hydrogen-bond acceptors (Lipinski definition) is 5. The molecule has 3 N–H and O–H groups in total. The van der Waals surface area contributed by atoms with Crippen molar-refractivity contribution in [3.05, 3.63) is 12.2 Å². The first kappa shape index (κ1) is 52.2. The lowest BCUT2D eigenvalue weighted by atomic mass is 10.0. The average Bonchev–Trinajstić information content (AvgIpc) is 3.10. The summed E-state index contributed by atoms with van der Waals surface area (Å²) in [4.78, 5) is 23.1. The van der Waals surface area contributed by atoms with Crippen LogP contribution >= 0.6 is 7.82 Å². The molecule has 0 aromatic carbocycles. The quantitative estimate of drug-likeness (QED) is 0.0247. The number of nitrogens with one attached hydrogen (secondary N) is 1. The van der Waals surface area contributed by atoms with Gasteiger partial charge in [-0.1, -0.05) is 199 Å². The van der Waals surface area contributed by atoms with E-state index >= 15 is 0 Å². The van der Waals surface area contributed by atoms with Gasteiger partial charge in [0.1, 0.15) is 13.2 Å². The first-order valence-corrected chi connectivity index (χ1v) is 24.1. The fourth-order valence-electron chi connectivity index (χ4n) is 6.63. The molecule has 0 aliphatic rings. The standard InChI is InChI=1S/C44H89N2O6P/c1-6-8-10-12-14-16-18-20-21-22-23-24-26-28-30-32-34-36-38-44(48)45-42(41-52-53(49,50)51-40-39-46(3,4)5)43(47)37-35-33-31-29-27-25-19-17-15-13-11-9-7-2/h35,37,42-43,47H,6-34,36,38-41H2,1-5H3,(H-,45,48,49,50)/p+1/b37-35+/t42-,43+/m0/s1. The SMILES string of the molecule is CCCCCCCCCCCCC/C=C/[C@@H](O)[C@H](COP(=O)(O)OCC[N+](C)(C)C)NC(=O)CCCCCCCCCCCCCCCCCCCC. The molecule has 0 saturated carbocycles. The van der Waals surface area contributed by atoms with Crippen molar-refractivity contribution < 1.29 is 32.9 Å². The minimum Gasteiger partial charge on any atom is -0.387 e. The number of unbranched alkanes of at least 4 members (excludes halogenated alkanes) is 28. The molecule has 0 aromatic heterocycles. The van der Waals surface area contributed by atoms with Gasteiger partial charge in [-0.25, -0.2) is 4.57 Å². The van der Waals surface area contributed by atoms with Gasteiger partial charge in [-0.15, -0.1) is 0 Å². The maximum absolute atomic E-state index is 12.9. The van der Waals surface area contributed by atoms with E-state index < -0.39 is 20.0 Å². The maximum atomic E-state index is 12.9. The van der Waals surface area contributed by atoms with E-state index in [0.717, 1.165) is 38.5 Å². The molecule has 53 heavy (non-hydrogen) atoms. The summed E-state index contributed by atoms with van der Waals surface area (Å²) in [6.45, 7) is 4.82. The van der Waals surface area contributed by atoms with Crippen LogP contribution in [0.2, 0.25) is 0 Å². The predicted octanol–water partition coefficient (Wildman–Crippen LogP) is 12.4. The van der Waals surface area contributed by atoms with Gasteiger partial charge in [-0.3, -0.25) is 13.8 Å². The second kappa shape index (κ2) is 36.9. The van der Waals surface area contributed by atoms with Crippen LogP contribution in [-0.2, 0) is 18.4 Å². The summed E-state index contributed by atoms with van der Waals surface area (Å²) in [6, 6.07) is -0.839. The molecule has 0 radical (unpaired) electrons. The summed E-state index contributed by atoms with van der Waals surface area (Å²) in [5.41, 5.74) is 0. The Balaban J connectivity index is 4.35. The molecule has 8 nitrogen and oxygen atoms in total. The Morgan fingerprint density at radius 3 is 1.40 bits per heavy atom. The molecule has 0 spiro atoms. The summed E-state index contributed by atoms with van der Waals surface area (Å²) in [5, 5.41) is 13.8. The van der Waals surface area contributed by atoms with E-state index in [9.17, 15) is 19.4 Å². The number of amides is 1. The highest BCUT2D eigenvalue weighted by Gasteiger charge is 2.27. The smallest absolute Gasteiger partial charge is 0.387 e. The Hall–Kier alpha value is -0.760. The Labute approximate surface area is 329 Å². The van der Waals surface area contributed by atoms with Crippen LogP contribution in [0.3, 0.4) is 0 Å². The molecule has 0 bridgehead atoms. The number of quaternary nitrogens is 1. The molecule has 3 atom stereocenters. The van der Waals surface area contributed by atoms with Crippen molar-refractivity contribution in [3.8, 4) is 0 Å². The molecule has 0 aliphatic heterocycles. The number of aliphatic hydroxyl groups is 1. The highest BCUT2D eigenvalue weighted by molar-refractivity contribution is 7.47. The number of likely N-dealkylation sites (N-methyl/N-ethyl adjacent to an activating group) is 1. The fraction of sp³-hybridized carbons (Fsp3) is 0.932. The van der Waals surface area contributed by atoms with Crippen LogP contribution < -0.4 is 5.32 Å². The van der Waals surface area contributed by atoms with Crippen molar-refractivity contribution in [3.63, 3.8) is 0 Å². The first-order valence-electron chi connectivity index (χ1n) is 22.6. The zero-order valence-corrected chi connectivity index (χ0v) is 36.7. The molecule has 0 heterocycles. The number of rotatable bonds is 41. The van der Waals surface area contributed by atoms with Gasteiger partial charge in [0.05, 0.1) is 39.9 Å². The number of carbonyl (C=O) groups excluding carboxylic acids is 1. The number of allylic oxidation sites excluding steroid dienone is 1. The minimum absolute atomic E-state index is 0.0646. The van der Waals surface area contributed by atoms with E-state index in [1.54, 1.807) is 6.08 Å². The molecule has 9 heteroatoms. The summed E-state index contributed by atoms with van der Waals surface area (Å²) in [7, 11) is 1.58. The highest BCUT2D eigenvalue weighted by Crippen LogP contribution is 2.43. The van der Waals surface area contributed by atoms with E-state index in [1.165, 1.54) is 154 Å². The van der Waals surface area contributed by atoms with Crippen molar-refractivity contribution in [2.24, 2.45) is 0 Å². The summed E-state index contributed by atoms with van der Waals surface area (Å²) >= 11 is 0. The summed E-state index contributed by atoms with van der Waals surface area (Å²) < 4.78 is 23.5. The van der Waals surface area contributed by atoms with Crippen molar-refractivity contribution in [1.29, 1.82) is 0 Å². The van der Waals surface area contributed by atoms with Crippen molar-refractivity contribution in [2.75, 3.05) is 40.9 Å². The molecule has 0 fully saturated rings. The van der Waals surface area contributed by atoms with E-state index in [-0.39, 0.29) is 19.1 Å². The van der Waals surface area contributed by atoms with Gasteiger partial charge in [0.2, 0.25) is 5.91 Å². The topological polar surface area (TPSA) is 105 Å². The van der Waals surface area contributed by atoms with Crippen molar-refractivity contribution >= 4 is 13.7 Å². The molecule has 0 rings (SSSR count). The van der Waals surface area contributed by atoms with Crippen LogP contribution in [0, 0.1) is 0 Å². The lowest BCUT2D eigenvalue weighted by molar-refractivity contribution is -0.870. The number of carbonyl (C=O) groups is 1. The van der Waals surface area contributed by atoms with Gasteiger partial charge in [0.15, 0.2) is 0 Å². The minimum atomic E-state index is -4.33. The maximum Gasteiger partial charge on any atom is 0.472 e. The van der Waals surface area contributed by atoms with Gasteiger partial charge < -0.3 is 19.8 Å². The van der Waals surface area contributed by atoms with Gasteiger partial charge in [-0.2, -0.15) is 0 Å². The Kier molecular flexibility index (Phi) is 36.3. The van der Waals surface area contributed by atoms with Crippen molar-refractivity contribution in [1.82, 2.24) is 5.32 Å². The summed E-state index contributed by atoms with van der Waals surface area (Å²) in [6.07, 6.45) is 41.3. The molecule has 0 aromatic rings. The van der Waals surface area contributed by atoms with Crippen LogP contribution in [0.1, 0.15) is 213 Å². The van der Waals surface area contributed by atoms with Crippen LogP contribution in [0.25, 0.3) is 0 Å².